The zero-order valence-electron chi connectivity index (χ0n) is 14.8. The zero-order chi connectivity index (χ0) is 19.0. The third-order valence-corrected chi connectivity index (χ3v) is 3.30. The maximum atomic E-state index is 12.2. The topological polar surface area (TPSA) is 98.8 Å². The molecule has 2 atom stereocenters. The van der Waals surface area contributed by atoms with Gasteiger partial charge >= 0.3 is 5.97 Å². The van der Waals surface area contributed by atoms with Crippen molar-refractivity contribution in [3.05, 3.63) is 29.8 Å². The van der Waals surface area contributed by atoms with Gasteiger partial charge in [-0.05, 0) is 39.8 Å². The van der Waals surface area contributed by atoms with Crippen molar-refractivity contribution < 1.29 is 28.7 Å². The lowest BCUT2D eigenvalue weighted by atomic mass is 10.1. The van der Waals surface area contributed by atoms with E-state index in [4.69, 9.17) is 9.47 Å². The fourth-order valence-electron chi connectivity index (χ4n) is 2.06. The molecule has 1 aromatic carbocycles. The van der Waals surface area contributed by atoms with Crippen LogP contribution >= 0.6 is 0 Å². The molecule has 1 N–H and O–H groups in total. The van der Waals surface area contributed by atoms with E-state index in [1.807, 2.05) is 0 Å². The SMILES string of the molecule is CCOC(=O)C(CC(C)=O)NC(=O)C(C)Oc1cccc(C(C)=O)c1. The molecule has 0 aliphatic carbocycles. The molecule has 0 spiro atoms. The van der Waals surface area contributed by atoms with Crippen molar-refractivity contribution in [1.29, 1.82) is 0 Å². The standard InChI is InChI=1S/C18H23NO6/c1-5-24-18(23)16(9-11(2)20)19-17(22)13(4)25-15-8-6-7-14(10-15)12(3)21/h6-8,10,13,16H,5,9H2,1-4H3,(H,19,22). The largest absolute Gasteiger partial charge is 0.481 e. The van der Waals surface area contributed by atoms with E-state index in [1.54, 1.807) is 25.1 Å². The van der Waals surface area contributed by atoms with Crippen molar-refractivity contribution >= 4 is 23.4 Å². The van der Waals surface area contributed by atoms with Gasteiger partial charge in [0.05, 0.1) is 6.61 Å². The molecule has 1 aromatic rings. The molecule has 136 valence electrons. The highest BCUT2D eigenvalue weighted by Gasteiger charge is 2.26. The number of ketones is 2. The van der Waals surface area contributed by atoms with E-state index < -0.39 is 24.0 Å². The van der Waals surface area contributed by atoms with E-state index in [2.05, 4.69) is 5.32 Å². The number of carbonyl (C=O) groups is 4. The molecule has 0 saturated heterocycles. The van der Waals surface area contributed by atoms with Gasteiger partial charge in [0, 0.05) is 12.0 Å². The number of rotatable bonds is 9. The minimum atomic E-state index is -1.06. The Morgan fingerprint density at radius 3 is 2.40 bits per heavy atom. The highest BCUT2D eigenvalue weighted by molar-refractivity contribution is 5.94. The van der Waals surface area contributed by atoms with Crippen LogP contribution in [0.15, 0.2) is 24.3 Å². The first kappa shape index (κ1) is 20.3. The van der Waals surface area contributed by atoms with E-state index in [9.17, 15) is 19.2 Å². The summed E-state index contributed by atoms with van der Waals surface area (Å²) in [4.78, 5) is 46.8. The lowest BCUT2D eigenvalue weighted by Gasteiger charge is -2.20. The molecule has 0 aliphatic rings. The molecule has 7 heteroatoms. The molecule has 0 aromatic heterocycles. The van der Waals surface area contributed by atoms with Crippen LogP contribution in [0.25, 0.3) is 0 Å². The number of hydrogen-bond donors (Lipinski definition) is 1. The van der Waals surface area contributed by atoms with Crippen LogP contribution in [0, 0.1) is 0 Å². The minimum Gasteiger partial charge on any atom is -0.481 e. The van der Waals surface area contributed by atoms with Gasteiger partial charge < -0.3 is 14.8 Å². The lowest BCUT2D eigenvalue weighted by molar-refractivity contribution is -0.149. The normalized spacial score (nSPS) is 12.6. The van der Waals surface area contributed by atoms with E-state index >= 15 is 0 Å². The van der Waals surface area contributed by atoms with Crippen molar-refractivity contribution in [1.82, 2.24) is 5.32 Å². The van der Waals surface area contributed by atoms with Gasteiger partial charge in [0.15, 0.2) is 11.9 Å². The van der Waals surface area contributed by atoms with Crippen molar-refractivity contribution in [2.45, 2.75) is 46.3 Å². The number of Topliss-reactive ketones (excluding diaryl/α,β-unsaturated/α-hetero) is 2. The number of nitrogens with one attached hydrogen (secondary N) is 1. The molecule has 25 heavy (non-hydrogen) atoms. The molecule has 1 rings (SSSR count). The molecule has 1 amide bonds. The predicted molar refractivity (Wildman–Crippen MR) is 90.4 cm³/mol. The molecule has 0 radical (unpaired) electrons. The predicted octanol–water partition coefficient (Wildman–Crippen LogP) is 1.68. The lowest BCUT2D eigenvalue weighted by Crippen LogP contribution is -2.47. The first-order valence-corrected chi connectivity index (χ1v) is 7.98. The van der Waals surface area contributed by atoms with Gasteiger partial charge in [-0.25, -0.2) is 4.79 Å². The van der Waals surface area contributed by atoms with Gasteiger partial charge in [-0.1, -0.05) is 12.1 Å². The fourth-order valence-corrected chi connectivity index (χ4v) is 2.06. The zero-order valence-corrected chi connectivity index (χ0v) is 14.8. The third-order valence-electron chi connectivity index (χ3n) is 3.30. The van der Waals surface area contributed by atoms with Gasteiger partial charge in [-0.2, -0.15) is 0 Å². The highest BCUT2D eigenvalue weighted by atomic mass is 16.5. The maximum absolute atomic E-state index is 12.2. The van der Waals surface area contributed by atoms with Crippen LogP contribution in [0.1, 0.15) is 44.5 Å². The van der Waals surface area contributed by atoms with Crippen LogP contribution in [0.3, 0.4) is 0 Å². The second kappa shape index (κ2) is 9.56. The number of ether oxygens (including phenoxy) is 2. The monoisotopic (exact) mass is 349 g/mol. The van der Waals surface area contributed by atoms with Crippen LogP contribution in [0.5, 0.6) is 5.75 Å². The average Bonchev–Trinajstić information content (AvgIpc) is 2.54. The van der Waals surface area contributed by atoms with E-state index in [-0.39, 0.29) is 24.6 Å². The summed E-state index contributed by atoms with van der Waals surface area (Å²) in [6.45, 7) is 6.05. The van der Waals surface area contributed by atoms with Crippen molar-refractivity contribution in [3.8, 4) is 5.75 Å². The van der Waals surface area contributed by atoms with Crippen LogP contribution in [-0.2, 0) is 19.1 Å². The Morgan fingerprint density at radius 1 is 1.16 bits per heavy atom. The summed E-state index contributed by atoms with van der Waals surface area (Å²) in [6.07, 6.45) is -1.08. The van der Waals surface area contributed by atoms with Gasteiger partial charge in [-0.15, -0.1) is 0 Å². The van der Waals surface area contributed by atoms with Gasteiger partial charge in [-0.3, -0.25) is 14.4 Å². The number of amides is 1. The quantitative estimate of drug-likeness (QED) is 0.538. The van der Waals surface area contributed by atoms with Gasteiger partial charge in [0.25, 0.3) is 5.91 Å². The summed E-state index contributed by atoms with van der Waals surface area (Å²) >= 11 is 0. The molecule has 2 unspecified atom stereocenters. The van der Waals surface area contributed by atoms with E-state index in [0.717, 1.165) is 0 Å². The second-order valence-corrected chi connectivity index (χ2v) is 5.56. The van der Waals surface area contributed by atoms with Gasteiger partial charge in [0.2, 0.25) is 0 Å². The minimum absolute atomic E-state index is 0.119. The smallest absolute Gasteiger partial charge is 0.329 e. The first-order valence-electron chi connectivity index (χ1n) is 7.98. The summed E-state index contributed by atoms with van der Waals surface area (Å²) in [6, 6.07) is 5.39. The van der Waals surface area contributed by atoms with Crippen LogP contribution in [0.4, 0.5) is 0 Å². The Labute approximate surface area is 146 Å². The van der Waals surface area contributed by atoms with Gasteiger partial charge in [0.1, 0.15) is 17.6 Å². The summed E-state index contributed by atoms with van der Waals surface area (Å²) in [5, 5.41) is 2.46. The van der Waals surface area contributed by atoms with Crippen LogP contribution in [0.2, 0.25) is 0 Å². The highest BCUT2D eigenvalue weighted by Crippen LogP contribution is 2.15. The van der Waals surface area contributed by atoms with Crippen LogP contribution in [-0.4, -0.2) is 42.2 Å². The number of esters is 1. The van der Waals surface area contributed by atoms with Crippen LogP contribution < -0.4 is 10.1 Å². The van der Waals surface area contributed by atoms with E-state index in [1.165, 1.54) is 26.8 Å². The Balaban J connectivity index is 2.76. The maximum Gasteiger partial charge on any atom is 0.329 e. The number of benzene rings is 1. The number of hydrogen-bond acceptors (Lipinski definition) is 6. The van der Waals surface area contributed by atoms with Crippen molar-refractivity contribution in [2.75, 3.05) is 6.61 Å². The summed E-state index contributed by atoms with van der Waals surface area (Å²) in [7, 11) is 0. The Kier molecular flexibility index (Phi) is 7.78. The third kappa shape index (κ3) is 6.74. The Bertz CT molecular complexity index is 655. The summed E-state index contributed by atoms with van der Waals surface area (Å²) < 4.78 is 10.4. The van der Waals surface area contributed by atoms with Crippen molar-refractivity contribution in [2.24, 2.45) is 0 Å². The summed E-state index contributed by atoms with van der Waals surface area (Å²) in [5.74, 6) is -1.24. The molecule has 7 nitrogen and oxygen atoms in total. The molecule has 0 heterocycles. The molecular weight excluding hydrogens is 326 g/mol. The Hall–Kier alpha value is -2.70. The average molecular weight is 349 g/mol. The van der Waals surface area contributed by atoms with E-state index in [0.29, 0.717) is 11.3 Å². The fraction of sp³-hybridized carbons (Fsp3) is 0.444. The molecular formula is C18H23NO6. The van der Waals surface area contributed by atoms with Crippen molar-refractivity contribution in [3.63, 3.8) is 0 Å². The molecule has 0 saturated carbocycles. The molecule has 0 bridgehead atoms. The number of carbonyl (C=O) groups excluding carboxylic acids is 4. The first-order chi connectivity index (χ1) is 11.7. The second-order valence-electron chi connectivity index (χ2n) is 5.56. The summed E-state index contributed by atoms with van der Waals surface area (Å²) in [5.41, 5.74) is 0.464. The molecule has 0 aliphatic heterocycles. The molecule has 0 fully saturated rings. The Morgan fingerprint density at radius 2 is 1.84 bits per heavy atom.